The van der Waals surface area contributed by atoms with E-state index in [2.05, 4.69) is 4.74 Å². The van der Waals surface area contributed by atoms with E-state index >= 15 is 4.79 Å². The molecule has 3 aliphatic carbocycles. The maximum atomic E-state index is 15.1. The van der Waals surface area contributed by atoms with Gasteiger partial charge in [0.15, 0.2) is 11.6 Å². The summed E-state index contributed by atoms with van der Waals surface area (Å²) >= 11 is 0. The Morgan fingerprint density at radius 2 is 1.43 bits per heavy atom. The third-order valence-electron chi connectivity index (χ3n) is 10.9. The molecule has 0 aromatic heterocycles. The Morgan fingerprint density at radius 3 is 2.10 bits per heavy atom. The van der Waals surface area contributed by atoms with Gasteiger partial charge in [0.05, 0.1) is 22.9 Å². The normalized spacial score (nSPS) is 27.3. The number of aromatic hydroxyl groups is 1. The van der Waals surface area contributed by atoms with Crippen LogP contribution in [0.25, 0.3) is 5.57 Å². The minimum Gasteiger partial charge on any atom is -0.508 e. The number of anilines is 1. The molecule has 2 amide bonds. The van der Waals surface area contributed by atoms with Gasteiger partial charge < -0.3 is 9.84 Å². The second-order valence-electron chi connectivity index (χ2n) is 13.4. The van der Waals surface area contributed by atoms with E-state index < -0.39 is 64.6 Å². The van der Waals surface area contributed by atoms with E-state index in [4.69, 9.17) is 0 Å². The van der Waals surface area contributed by atoms with Crippen LogP contribution in [0.3, 0.4) is 0 Å². The van der Waals surface area contributed by atoms with E-state index in [9.17, 15) is 32.7 Å². The molecule has 0 radical (unpaired) electrons. The number of phenols is 1. The topological polar surface area (TPSA) is 101 Å². The monoisotopic (exact) mass is 689 g/mol. The summed E-state index contributed by atoms with van der Waals surface area (Å²) in [6.45, 7) is 0. The van der Waals surface area contributed by atoms with Crippen LogP contribution in [0.2, 0.25) is 0 Å². The van der Waals surface area contributed by atoms with Crippen LogP contribution >= 0.6 is 0 Å². The van der Waals surface area contributed by atoms with Crippen molar-refractivity contribution in [2.45, 2.75) is 30.5 Å². The van der Waals surface area contributed by atoms with E-state index in [1.165, 1.54) is 11.0 Å². The molecule has 1 heterocycles. The molecule has 2 fully saturated rings. The van der Waals surface area contributed by atoms with Crippen LogP contribution in [0.4, 0.5) is 18.9 Å². The number of carbonyl (C=O) groups excluding carboxylic acids is 4. The van der Waals surface area contributed by atoms with Gasteiger partial charge in [0.25, 0.3) is 0 Å². The number of allylic oxidation sites excluding steroid dienone is 4. The van der Waals surface area contributed by atoms with Crippen molar-refractivity contribution in [2.24, 2.45) is 23.7 Å². The van der Waals surface area contributed by atoms with Gasteiger partial charge in [-0.05, 0) is 66.3 Å². The standard InChI is InChI=1S/C41H30F3NO6/c42-41(43,44)51-26-16-19-33(46)31(20-26)36-27-17-18-28-35(39(50)45(38(28)49)25-14-8-3-9-15-25)30(27)21-32-37(48)29(23-10-4-1-5-11-23)22-34(47)40(32,36)24-12-6-2-7-13-24/h1-17,19-20,22,28,30,32,35-36,46H,18,21H2/t28-,30+,32-,35-,36+,40-/m0/s1. The highest BCUT2D eigenvalue weighted by molar-refractivity contribution is 6.32. The number of alkyl halides is 3. The van der Waals surface area contributed by atoms with Crippen LogP contribution in [0.15, 0.2) is 127 Å². The molecule has 0 bridgehead atoms. The number of fused-ring (bicyclic) bond motifs is 4. The van der Waals surface area contributed by atoms with Crippen LogP contribution in [0, 0.1) is 23.7 Å². The zero-order valence-electron chi connectivity index (χ0n) is 26.9. The number of benzene rings is 4. The fourth-order valence-corrected chi connectivity index (χ4v) is 9.01. The van der Waals surface area contributed by atoms with Crippen molar-refractivity contribution in [1.29, 1.82) is 0 Å². The number of ether oxygens (including phenoxy) is 1. The van der Waals surface area contributed by atoms with Crippen molar-refractivity contribution in [3.8, 4) is 11.5 Å². The summed E-state index contributed by atoms with van der Waals surface area (Å²) in [6.07, 6.45) is -1.85. The molecule has 4 aromatic carbocycles. The maximum absolute atomic E-state index is 15.1. The van der Waals surface area contributed by atoms with Gasteiger partial charge in [0.1, 0.15) is 11.5 Å². The molecule has 0 spiro atoms. The highest BCUT2D eigenvalue weighted by Crippen LogP contribution is 2.64. The third kappa shape index (κ3) is 5.03. The molecule has 10 heteroatoms. The summed E-state index contributed by atoms with van der Waals surface area (Å²) in [5.74, 6) is -7.50. The first-order chi connectivity index (χ1) is 24.5. The zero-order valence-corrected chi connectivity index (χ0v) is 26.9. The van der Waals surface area contributed by atoms with Crippen molar-refractivity contribution in [1.82, 2.24) is 0 Å². The van der Waals surface area contributed by atoms with Crippen molar-refractivity contribution in [3.63, 3.8) is 0 Å². The van der Waals surface area contributed by atoms with E-state index in [-0.39, 0.29) is 35.7 Å². The molecule has 1 saturated carbocycles. The number of imide groups is 1. The molecule has 1 saturated heterocycles. The Morgan fingerprint density at radius 1 is 0.784 bits per heavy atom. The molecule has 7 nitrogen and oxygen atoms in total. The first-order valence-electron chi connectivity index (χ1n) is 16.6. The Balaban J connectivity index is 1.38. The lowest BCUT2D eigenvalue weighted by atomic mass is 9.44. The van der Waals surface area contributed by atoms with Crippen LogP contribution in [-0.4, -0.2) is 34.8 Å². The number of ketones is 2. The predicted octanol–water partition coefficient (Wildman–Crippen LogP) is 7.32. The molecule has 4 aromatic rings. The number of hydrogen-bond acceptors (Lipinski definition) is 6. The fourth-order valence-electron chi connectivity index (χ4n) is 9.01. The maximum Gasteiger partial charge on any atom is 0.573 e. The first-order valence-corrected chi connectivity index (χ1v) is 16.6. The van der Waals surface area contributed by atoms with Crippen molar-refractivity contribution in [2.75, 3.05) is 4.90 Å². The number of hydrogen-bond donors (Lipinski definition) is 1. The summed E-state index contributed by atoms with van der Waals surface area (Å²) < 4.78 is 44.9. The first kappa shape index (κ1) is 32.4. The number of Topliss-reactive ketones (excluding diaryl/α,β-unsaturated/α-hetero) is 1. The quantitative estimate of drug-likeness (QED) is 0.174. The summed E-state index contributed by atoms with van der Waals surface area (Å²) in [7, 11) is 0. The van der Waals surface area contributed by atoms with Gasteiger partial charge in [-0.1, -0.05) is 90.5 Å². The van der Waals surface area contributed by atoms with Crippen molar-refractivity contribution in [3.05, 3.63) is 144 Å². The number of carbonyl (C=O) groups is 4. The molecule has 256 valence electrons. The van der Waals surface area contributed by atoms with Crippen LogP contribution in [0.1, 0.15) is 35.4 Å². The molecule has 1 N–H and O–H groups in total. The summed E-state index contributed by atoms with van der Waals surface area (Å²) in [4.78, 5) is 59.5. The van der Waals surface area contributed by atoms with Gasteiger partial charge in [0.2, 0.25) is 11.8 Å². The smallest absolute Gasteiger partial charge is 0.508 e. The number of halogens is 3. The van der Waals surface area contributed by atoms with E-state index in [0.717, 1.165) is 18.2 Å². The molecule has 1 aliphatic heterocycles. The number of para-hydroxylation sites is 1. The highest BCUT2D eigenvalue weighted by atomic mass is 19.4. The van der Waals surface area contributed by atoms with Crippen molar-refractivity contribution < 1.29 is 42.2 Å². The van der Waals surface area contributed by atoms with Gasteiger partial charge in [0, 0.05) is 23.0 Å². The number of nitrogens with zero attached hydrogens (tertiary/aromatic N) is 1. The summed E-state index contributed by atoms with van der Waals surface area (Å²) in [6, 6.07) is 28.9. The summed E-state index contributed by atoms with van der Waals surface area (Å²) in [5.41, 5.74) is 0.243. The molecule has 8 rings (SSSR count). The number of phenolic OH excluding ortho intramolecular Hbond substituents is 1. The molecule has 51 heavy (non-hydrogen) atoms. The van der Waals surface area contributed by atoms with Gasteiger partial charge in [-0.2, -0.15) is 0 Å². The van der Waals surface area contributed by atoms with Gasteiger partial charge in [-0.3, -0.25) is 24.1 Å². The zero-order chi connectivity index (χ0) is 35.7. The minimum absolute atomic E-state index is 0.00823. The van der Waals surface area contributed by atoms with Gasteiger partial charge in [-0.25, -0.2) is 0 Å². The minimum atomic E-state index is -5.05. The third-order valence-corrected chi connectivity index (χ3v) is 10.9. The second kappa shape index (κ2) is 11.9. The Hall–Kier alpha value is -5.77. The molecule has 6 atom stereocenters. The van der Waals surface area contributed by atoms with Crippen LogP contribution in [0.5, 0.6) is 11.5 Å². The van der Waals surface area contributed by atoms with Crippen LogP contribution in [-0.2, 0) is 24.6 Å². The lowest BCUT2D eigenvalue weighted by Crippen LogP contribution is -2.58. The Labute approximate surface area is 290 Å². The largest absolute Gasteiger partial charge is 0.573 e. The number of rotatable bonds is 5. The Kier molecular flexibility index (Phi) is 7.59. The van der Waals surface area contributed by atoms with Gasteiger partial charge in [-0.15, -0.1) is 13.2 Å². The van der Waals surface area contributed by atoms with E-state index in [1.54, 1.807) is 97.1 Å². The molecular weight excluding hydrogens is 659 g/mol. The number of amides is 2. The average Bonchev–Trinajstić information content (AvgIpc) is 3.39. The van der Waals surface area contributed by atoms with Crippen LogP contribution < -0.4 is 9.64 Å². The predicted molar refractivity (Wildman–Crippen MR) is 180 cm³/mol. The summed E-state index contributed by atoms with van der Waals surface area (Å²) in [5, 5.41) is 11.5. The second-order valence-corrected chi connectivity index (χ2v) is 13.4. The van der Waals surface area contributed by atoms with E-state index in [0.29, 0.717) is 22.4 Å². The van der Waals surface area contributed by atoms with E-state index in [1.807, 2.05) is 0 Å². The Bertz CT molecular complexity index is 2150. The lowest BCUT2D eigenvalue weighted by molar-refractivity contribution is -0.274. The van der Waals surface area contributed by atoms with Crippen molar-refractivity contribution >= 4 is 34.6 Å². The highest BCUT2D eigenvalue weighted by Gasteiger charge is 2.66. The fraction of sp³-hybridized carbons (Fsp3) is 0.220. The SMILES string of the molecule is O=C1C(c2ccccc2)=CC(=O)[C@@]2(c3ccccc3)[C@@H](c3cc(OC(F)(F)F)ccc3O)C3=CC[C@@H]4C(=O)N(c5ccccc5)C(=O)[C@@H]4[C@@H]3C[C@@H]12. The van der Waals surface area contributed by atoms with Gasteiger partial charge >= 0.3 is 6.36 Å². The lowest BCUT2D eigenvalue weighted by Gasteiger charge is -2.55. The molecular formula is C41H30F3NO6. The average molecular weight is 690 g/mol. The molecule has 4 aliphatic rings. The molecule has 0 unspecified atom stereocenters.